The second-order valence-corrected chi connectivity index (χ2v) is 5.33. The Hall–Kier alpha value is -0.0800. The predicted octanol–water partition coefficient (Wildman–Crippen LogP) is 1.99. The molecule has 2 N–H and O–H groups in total. The highest BCUT2D eigenvalue weighted by Crippen LogP contribution is 2.35. The normalized spacial score (nSPS) is 40.1. The van der Waals surface area contributed by atoms with E-state index in [2.05, 4.69) is 18.7 Å². The first-order chi connectivity index (χ1) is 6.70. The molecule has 3 atom stereocenters. The van der Waals surface area contributed by atoms with Crippen LogP contribution in [0.15, 0.2) is 0 Å². The van der Waals surface area contributed by atoms with Crippen LogP contribution in [0.4, 0.5) is 0 Å². The Morgan fingerprint density at radius 3 is 2.36 bits per heavy atom. The molecule has 2 nitrogen and oxygen atoms in total. The Morgan fingerprint density at radius 2 is 1.86 bits per heavy atom. The second kappa shape index (κ2) is 4.19. The third kappa shape index (κ3) is 1.96. The maximum atomic E-state index is 6.05. The Kier molecular flexibility index (Phi) is 3.13. The summed E-state index contributed by atoms with van der Waals surface area (Å²) >= 11 is 0. The van der Waals surface area contributed by atoms with Crippen LogP contribution in [0.1, 0.15) is 46.0 Å². The monoisotopic (exact) mass is 196 g/mol. The van der Waals surface area contributed by atoms with Crippen LogP contribution < -0.4 is 5.73 Å². The van der Waals surface area contributed by atoms with Crippen molar-refractivity contribution in [2.75, 3.05) is 6.54 Å². The van der Waals surface area contributed by atoms with Crippen molar-refractivity contribution >= 4 is 0 Å². The Morgan fingerprint density at radius 1 is 1.29 bits per heavy atom. The standard InChI is InChI=1S/C12H24N2/c1-3-9(2)8-14-11-4-5-12(14)7-10(13)6-11/h9-12H,3-8,13H2,1-2H3. The summed E-state index contributed by atoms with van der Waals surface area (Å²) in [6.07, 6.45) is 6.59. The van der Waals surface area contributed by atoms with Crippen LogP contribution in [-0.2, 0) is 0 Å². The van der Waals surface area contributed by atoms with E-state index in [0.717, 1.165) is 18.0 Å². The first kappa shape index (κ1) is 10.4. The van der Waals surface area contributed by atoms with E-state index in [-0.39, 0.29) is 0 Å². The molecule has 0 saturated carbocycles. The Balaban J connectivity index is 1.94. The van der Waals surface area contributed by atoms with Gasteiger partial charge in [-0.25, -0.2) is 0 Å². The molecule has 3 unspecified atom stereocenters. The molecule has 2 heterocycles. The number of fused-ring (bicyclic) bond motifs is 2. The predicted molar refractivity (Wildman–Crippen MR) is 60.2 cm³/mol. The molecule has 0 aliphatic carbocycles. The average molecular weight is 196 g/mol. The lowest BCUT2D eigenvalue weighted by Crippen LogP contribution is -2.48. The molecule has 2 aliphatic heterocycles. The molecule has 2 saturated heterocycles. The fourth-order valence-electron chi connectivity index (χ4n) is 3.10. The lowest BCUT2D eigenvalue weighted by Gasteiger charge is -2.39. The van der Waals surface area contributed by atoms with Gasteiger partial charge in [-0.05, 0) is 31.6 Å². The highest BCUT2D eigenvalue weighted by Gasteiger charge is 2.39. The number of nitrogens with two attached hydrogens (primary N) is 1. The van der Waals surface area contributed by atoms with Gasteiger partial charge in [0.15, 0.2) is 0 Å². The largest absolute Gasteiger partial charge is 0.328 e. The van der Waals surface area contributed by atoms with Gasteiger partial charge >= 0.3 is 0 Å². The Bertz CT molecular complexity index is 179. The summed E-state index contributed by atoms with van der Waals surface area (Å²) in [6, 6.07) is 2.12. The first-order valence-electron chi connectivity index (χ1n) is 6.22. The van der Waals surface area contributed by atoms with Gasteiger partial charge in [0, 0.05) is 24.7 Å². The van der Waals surface area contributed by atoms with E-state index in [1.165, 1.54) is 38.6 Å². The van der Waals surface area contributed by atoms with E-state index in [1.54, 1.807) is 0 Å². The molecule has 2 aliphatic rings. The van der Waals surface area contributed by atoms with Crippen LogP contribution in [0.2, 0.25) is 0 Å². The van der Waals surface area contributed by atoms with Gasteiger partial charge in [0.2, 0.25) is 0 Å². The summed E-state index contributed by atoms with van der Waals surface area (Å²) in [6.45, 7) is 5.97. The third-order valence-electron chi connectivity index (χ3n) is 4.14. The van der Waals surface area contributed by atoms with Crippen molar-refractivity contribution < 1.29 is 0 Å². The van der Waals surface area contributed by atoms with E-state index in [1.807, 2.05) is 0 Å². The molecule has 2 fully saturated rings. The SMILES string of the molecule is CCC(C)CN1C2CCC1CC(N)C2. The van der Waals surface area contributed by atoms with Gasteiger partial charge in [-0.2, -0.15) is 0 Å². The van der Waals surface area contributed by atoms with Gasteiger partial charge in [0.05, 0.1) is 0 Å². The smallest absolute Gasteiger partial charge is 0.0114 e. The molecule has 2 bridgehead atoms. The molecule has 0 spiro atoms. The molecule has 0 aromatic heterocycles. The molecular weight excluding hydrogens is 172 g/mol. The Labute approximate surface area is 87.8 Å². The van der Waals surface area contributed by atoms with Crippen molar-refractivity contribution in [3.05, 3.63) is 0 Å². The van der Waals surface area contributed by atoms with Gasteiger partial charge in [0.25, 0.3) is 0 Å². The van der Waals surface area contributed by atoms with E-state index >= 15 is 0 Å². The minimum absolute atomic E-state index is 0.487. The van der Waals surface area contributed by atoms with Gasteiger partial charge in [-0.1, -0.05) is 20.3 Å². The molecule has 82 valence electrons. The molecule has 0 aromatic rings. The zero-order valence-electron chi connectivity index (χ0n) is 9.58. The highest BCUT2D eigenvalue weighted by molar-refractivity contribution is 4.96. The maximum Gasteiger partial charge on any atom is 0.0114 e. The lowest BCUT2D eigenvalue weighted by molar-refractivity contribution is 0.109. The van der Waals surface area contributed by atoms with Crippen molar-refractivity contribution in [2.45, 2.75) is 64.1 Å². The van der Waals surface area contributed by atoms with Crippen LogP contribution in [0.25, 0.3) is 0 Å². The molecule has 0 amide bonds. The topological polar surface area (TPSA) is 29.3 Å². The van der Waals surface area contributed by atoms with Crippen LogP contribution in [0.3, 0.4) is 0 Å². The molecule has 2 rings (SSSR count). The van der Waals surface area contributed by atoms with Gasteiger partial charge < -0.3 is 5.73 Å². The third-order valence-corrected chi connectivity index (χ3v) is 4.14. The molecule has 0 aromatic carbocycles. The summed E-state index contributed by atoms with van der Waals surface area (Å²) in [5.41, 5.74) is 6.05. The number of piperidine rings is 1. The first-order valence-corrected chi connectivity index (χ1v) is 6.22. The molecule has 14 heavy (non-hydrogen) atoms. The summed E-state index contributed by atoms with van der Waals surface area (Å²) in [5, 5.41) is 0. The maximum absolute atomic E-state index is 6.05. The van der Waals surface area contributed by atoms with Crippen LogP contribution in [0.5, 0.6) is 0 Å². The van der Waals surface area contributed by atoms with Crippen molar-refractivity contribution in [1.29, 1.82) is 0 Å². The molecular formula is C12H24N2. The van der Waals surface area contributed by atoms with E-state index < -0.39 is 0 Å². The minimum atomic E-state index is 0.487. The number of rotatable bonds is 3. The quantitative estimate of drug-likeness (QED) is 0.748. The summed E-state index contributed by atoms with van der Waals surface area (Å²) in [4.78, 5) is 2.75. The number of hydrogen-bond acceptors (Lipinski definition) is 2. The van der Waals surface area contributed by atoms with Crippen LogP contribution >= 0.6 is 0 Å². The van der Waals surface area contributed by atoms with Crippen molar-refractivity contribution in [3.8, 4) is 0 Å². The van der Waals surface area contributed by atoms with Gasteiger partial charge in [-0.15, -0.1) is 0 Å². The van der Waals surface area contributed by atoms with E-state index in [4.69, 9.17) is 5.73 Å². The number of hydrogen-bond donors (Lipinski definition) is 1. The van der Waals surface area contributed by atoms with E-state index in [0.29, 0.717) is 6.04 Å². The minimum Gasteiger partial charge on any atom is -0.328 e. The number of nitrogens with zero attached hydrogens (tertiary/aromatic N) is 1. The van der Waals surface area contributed by atoms with Crippen LogP contribution in [-0.4, -0.2) is 29.6 Å². The highest BCUT2D eigenvalue weighted by atomic mass is 15.2. The van der Waals surface area contributed by atoms with Crippen molar-refractivity contribution in [2.24, 2.45) is 11.7 Å². The average Bonchev–Trinajstić information content (AvgIpc) is 2.41. The van der Waals surface area contributed by atoms with Gasteiger partial charge in [-0.3, -0.25) is 4.90 Å². The summed E-state index contributed by atoms with van der Waals surface area (Å²) < 4.78 is 0. The molecule has 0 radical (unpaired) electrons. The van der Waals surface area contributed by atoms with E-state index in [9.17, 15) is 0 Å². The lowest BCUT2D eigenvalue weighted by atomic mass is 9.96. The fraction of sp³-hybridized carbons (Fsp3) is 1.00. The van der Waals surface area contributed by atoms with Crippen molar-refractivity contribution in [3.63, 3.8) is 0 Å². The second-order valence-electron chi connectivity index (χ2n) is 5.33. The summed E-state index contributed by atoms with van der Waals surface area (Å²) in [5.74, 6) is 0.854. The molecule has 2 heteroatoms. The van der Waals surface area contributed by atoms with Crippen molar-refractivity contribution in [1.82, 2.24) is 4.90 Å². The summed E-state index contributed by atoms with van der Waals surface area (Å²) in [7, 11) is 0. The zero-order chi connectivity index (χ0) is 10.1. The van der Waals surface area contributed by atoms with Gasteiger partial charge in [0.1, 0.15) is 0 Å². The van der Waals surface area contributed by atoms with Crippen LogP contribution in [0, 0.1) is 5.92 Å². The fourth-order valence-corrected chi connectivity index (χ4v) is 3.10. The zero-order valence-corrected chi connectivity index (χ0v) is 9.58.